The Morgan fingerprint density at radius 3 is 2.82 bits per heavy atom. The van der Waals surface area contributed by atoms with E-state index in [2.05, 4.69) is 20.4 Å². The molecule has 1 amide bonds. The number of rotatable bonds is 7. The minimum atomic E-state index is -0.854. The fraction of sp³-hybridized carbons (Fsp3) is 0.500. The first kappa shape index (κ1) is 15.9. The highest BCUT2D eigenvalue weighted by Gasteiger charge is 2.12. The molecule has 0 radical (unpaired) electrons. The highest BCUT2D eigenvalue weighted by Crippen LogP contribution is 2.14. The zero-order chi connectivity index (χ0) is 16.1. The Morgan fingerprint density at radius 1 is 1.32 bits per heavy atom. The quantitative estimate of drug-likeness (QED) is 0.727. The van der Waals surface area contributed by atoms with Gasteiger partial charge in [-0.05, 0) is 32.3 Å². The number of amides is 1. The summed E-state index contributed by atoms with van der Waals surface area (Å²) in [4.78, 5) is 30.6. The Kier molecular flexibility index (Phi) is 5.03. The standard InChI is InChI=1S/C14H19N5O3/c1-9-11(10(2)19-14(18-9)16-8-17-19)5-6-12(20)15-7-3-4-13(21)22/h8H,3-7H2,1-2H3,(H,15,20)(H,21,22). The lowest BCUT2D eigenvalue weighted by Crippen LogP contribution is -2.25. The molecule has 0 aliphatic carbocycles. The Morgan fingerprint density at radius 2 is 2.09 bits per heavy atom. The van der Waals surface area contributed by atoms with Gasteiger partial charge in [0.25, 0.3) is 5.78 Å². The molecule has 0 unspecified atom stereocenters. The predicted octanol–water partition coefficient (Wildman–Crippen LogP) is 0.655. The molecule has 2 N–H and O–H groups in total. The Hall–Kier alpha value is -2.51. The summed E-state index contributed by atoms with van der Waals surface area (Å²) in [5.74, 6) is -0.396. The average Bonchev–Trinajstić information content (AvgIpc) is 2.91. The lowest BCUT2D eigenvalue weighted by Gasteiger charge is -2.10. The third-order valence-electron chi connectivity index (χ3n) is 3.48. The third-order valence-corrected chi connectivity index (χ3v) is 3.48. The number of fused-ring (bicyclic) bond motifs is 1. The first-order valence-corrected chi connectivity index (χ1v) is 7.13. The van der Waals surface area contributed by atoms with Crippen molar-refractivity contribution in [3.05, 3.63) is 23.3 Å². The monoisotopic (exact) mass is 305 g/mol. The number of carbonyl (C=O) groups excluding carboxylic acids is 1. The fourth-order valence-corrected chi connectivity index (χ4v) is 2.31. The topological polar surface area (TPSA) is 109 Å². The molecule has 0 bridgehead atoms. The molecule has 8 nitrogen and oxygen atoms in total. The van der Waals surface area contributed by atoms with Gasteiger partial charge in [0.1, 0.15) is 6.33 Å². The van der Waals surface area contributed by atoms with Gasteiger partial charge in [-0.25, -0.2) is 9.50 Å². The summed E-state index contributed by atoms with van der Waals surface area (Å²) in [6, 6.07) is 0. The van der Waals surface area contributed by atoms with E-state index in [1.165, 1.54) is 6.33 Å². The summed E-state index contributed by atoms with van der Waals surface area (Å²) in [7, 11) is 0. The molecule has 0 aliphatic rings. The first-order chi connectivity index (χ1) is 10.5. The van der Waals surface area contributed by atoms with E-state index in [0.717, 1.165) is 17.0 Å². The molecule has 2 aromatic heterocycles. The molecule has 0 aromatic carbocycles. The summed E-state index contributed by atoms with van der Waals surface area (Å²) in [6.07, 6.45) is 2.84. The largest absolute Gasteiger partial charge is 0.481 e. The van der Waals surface area contributed by atoms with Gasteiger partial charge in [0.05, 0.1) is 0 Å². The number of aliphatic carboxylic acids is 1. The highest BCUT2D eigenvalue weighted by atomic mass is 16.4. The van der Waals surface area contributed by atoms with Crippen LogP contribution in [0.4, 0.5) is 0 Å². The van der Waals surface area contributed by atoms with Crippen LogP contribution in [0.25, 0.3) is 5.78 Å². The molecule has 0 saturated carbocycles. The molecule has 118 valence electrons. The summed E-state index contributed by atoms with van der Waals surface area (Å²) < 4.78 is 1.66. The van der Waals surface area contributed by atoms with Crippen LogP contribution in [0.2, 0.25) is 0 Å². The van der Waals surface area contributed by atoms with Gasteiger partial charge >= 0.3 is 5.97 Å². The molecular weight excluding hydrogens is 286 g/mol. The van der Waals surface area contributed by atoms with Crippen molar-refractivity contribution in [2.75, 3.05) is 6.54 Å². The highest BCUT2D eigenvalue weighted by molar-refractivity contribution is 5.76. The number of hydrogen-bond acceptors (Lipinski definition) is 5. The fourth-order valence-electron chi connectivity index (χ4n) is 2.31. The summed E-state index contributed by atoms with van der Waals surface area (Å²) in [6.45, 7) is 4.20. The van der Waals surface area contributed by atoms with Crippen molar-refractivity contribution in [1.29, 1.82) is 0 Å². The first-order valence-electron chi connectivity index (χ1n) is 7.13. The van der Waals surface area contributed by atoms with E-state index in [-0.39, 0.29) is 12.3 Å². The molecule has 0 atom stereocenters. The van der Waals surface area contributed by atoms with Gasteiger partial charge < -0.3 is 10.4 Å². The summed E-state index contributed by atoms with van der Waals surface area (Å²) >= 11 is 0. The molecule has 0 aliphatic heterocycles. The van der Waals surface area contributed by atoms with Crippen molar-refractivity contribution < 1.29 is 14.7 Å². The van der Waals surface area contributed by atoms with Crippen LogP contribution in [-0.2, 0) is 16.0 Å². The van der Waals surface area contributed by atoms with Gasteiger partial charge in [0, 0.05) is 30.8 Å². The number of aromatic nitrogens is 4. The van der Waals surface area contributed by atoms with Gasteiger partial charge in [0.15, 0.2) is 0 Å². The van der Waals surface area contributed by atoms with Crippen LogP contribution < -0.4 is 5.32 Å². The van der Waals surface area contributed by atoms with Gasteiger partial charge in [-0.1, -0.05) is 0 Å². The van der Waals surface area contributed by atoms with Crippen LogP contribution in [0, 0.1) is 13.8 Å². The van der Waals surface area contributed by atoms with E-state index in [9.17, 15) is 9.59 Å². The Balaban J connectivity index is 1.91. The summed E-state index contributed by atoms with van der Waals surface area (Å²) in [5, 5.41) is 15.4. The van der Waals surface area contributed by atoms with Gasteiger partial charge in [-0.2, -0.15) is 10.1 Å². The van der Waals surface area contributed by atoms with Crippen LogP contribution in [0.1, 0.15) is 36.2 Å². The zero-order valence-corrected chi connectivity index (χ0v) is 12.7. The van der Waals surface area contributed by atoms with Crippen LogP contribution in [0.5, 0.6) is 0 Å². The molecule has 0 saturated heterocycles. The van der Waals surface area contributed by atoms with Crippen molar-refractivity contribution in [2.24, 2.45) is 0 Å². The molecular formula is C14H19N5O3. The Bertz CT molecular complexity index is 695. The van der Waals surface area contributed by atoms with Gasteiger partial charge in [-0.15, -0.1) is 0 Å². The number of carboxylic acid groups (broad SMARTS) is 1. The van der Waals surface area contributed by atoms with Crippen LogP contribution in [0.3, 0.4) is 0 Å². The molecule has 8 heteroatoms. The van der Waals surface area contributed by atoms with E-state index >= 15 is 0 Å². The second-order valence-corrected chi connectivity index (χ2v) is 5.08. The second-order valence-electron chi connectivity index (χ2n) is 5.08. The lowest BCUT2D eigenvalue weighted by molar-refractivity contribution is -0.137. The van der Waals surface area contributed by atoms with Crippen molar-refractivity contribution in [3.63, 3.8) is 0 Å². The maximum Gasteiger partial charge on any atom is 0.303 e. The third kappa shape index (κ3) is 3.78. The zero-order valence-electron chi connectivity index (χ0n) is 12.7. The van der Waals surface area contributed by atoms with Gasteiger partial charge in [-0.3, -0.25) is 9.59 Å². The number of aryl methyl sites for hydroxylation is 2. The summed E-state index contributed by atoms with van der Waals surface area (Å²) in [5.41, 5.74) is 2.76. The van der Waals surface area contributed by atoms with E-state index in [1.807, 2.05) is 13.8 Å². The Labute approximate surface area is 127 Å². The molecule has 2 heterocycles. The maximum atomic E-state index is 11.8. The number of hydrogen-bond donors (Lipinski definition) is 2. The normalized spacial score (nSPS) is 10.8. The lowest BCUT2D eigenvalue weighted by atomic mass is 10.1. The maximum absolute atomic E-state index is 11.8. The molecule has 22 heavy (non-hydrogen) atoms. The van der Waals surface area contributed by atoms with Crippen molar-refractivity contribution in [2.45, 2.75) is 39.5 Å². The number of nitrogens with one attached hydrogen (secondary N) is 1. The van der Waals surface area contributed by atoms with Gasteiger partial charge in [0.2, 0.25) is 5.91 Å². The molecule has 2 aromatic rings. The minimum Gasteiger partial charge on any atom is -0.481 e. The average molecular weight is 305 g/mol. The van der Waals surface area contributed by atoms with E-state index in [4.69, 9.17) is 5.11 Å². The number of carboxylic acids is 1. The number of nitrogens with zero attached hydrogens (tertiary/aromatic N) is 4. The number of carbonyl (C=O) groups is 2. The van der Waals surface area contributed by atoms with Crippen LogP contribution in [-0.4, -0.2) is 43.1 Å². The van der Waals surface area contributed by atoms with Crippen LogP contribution in [0.15, 0.2) is 6.33 Å². The smallest absolute Gasteiger partial charge is 0.303 e. The molecule has 0 fully saturated rings. The minimum absolute atomic E-state index is 0.0609. The SMILES string of the molecule is Cc1nc2ncnn2c(C)c1CCC(=O)NCCCC(=O)O. The molecule has 2 rings (SSSR count). The van der Waals surface area contributed by atoms with Crippen molar-refractivity contribution in [3.8, 4) is 0 Å². The second kappa shape index (κ2) is 6.97. The van der Waals surface area contributed by atoms with E-state index < -0.39 is 5.97 Å². The molecule has 0 spiro atoms. The predicted molar refractivity (Wildman–Crippen MR) is 78.5 cm³/mol. The van der Waals surface area contributed by atoms with Crippen molar-refractivity contribution >= 4 is 17.7 Å². The van der Waals surface area contributed by atoms with E-state index in [0.29, 0.717) is 31.6 Å². The van der Waals surface area contributed by atoms with E-state index in [1.54, 1.807) is 4.52 Å². The van der Waals surface area contributed by atoms with Crippen molar-refractivity contribution in [1.82, 2.24) is 24.9 Å². The van der Waals surface area contributed by atoms with Crippen LogP contribution >= 0.6 is 0 Å².